The highest BCUT2D eigenvalue weighted by Gasteiger charge is 2.47. The first-order chi connectivity index (χ1) is 14.5. The third kappa shape index (κ3) is 3.66. The van der Waals surface area contributed by atoms with Crippen molar-refractivity contribution in [2.75, 3.05) is 0 Å². The van der Waals surface area contributed by atoms with Crippen molar-refractivity contribution in [1.29, 1.82) is 0 Å². The van der Waals surface area contributed by atoms with Crippen molar-refractivity contribution in [2.24, 2.45) is 33.6 Å². The number of benzene rings is 1. The lowest BCUT2D eigenvalue weighted by molar-refractivity contribution is -0.113. The molecule has 2 unspecified atom stereocenters. The summed E-state index contributed by atoms with van der Waals surface area (Å²) in [7, 11) is 0. The molecule has 1 aromatic rings. The highest BCUT2D eigenvalue weighted by molar-refractivity contribution is 6.23. The molecule has 0 bridgehead atoms. The van der Waals surface area contributed by atoms with Gasteiger partial charge in [-0.15, -0.1) is 0 Å². The molecule has 0 heterocycles. The highest BCUT2D eigenvalue weighted by Crippen LogP contribution is 2.56. The number of carbonyl (C=O) groups excluding carboxylic acids is 1. The molecule has 3 aliphatic carbocycles. The average Bonchev–Trinajstić information content (AvgIpc) is 3.06. The Hall–Kier alpha value is -2.62. The number of ketones is 1. The molecular weight excluding hydrogens is 384 g/mol. The first-order valence-electron chi connectivity index (χ1n) is 11.3. The number of hydrogen-bond donors (Lipinski definition) is 2. The topological polar surface area (TPSA) is 75.7 Å². The third-order valence-electron chi connectivity index (χ3n) is 7.79. The molecule has 0 radical (unpaired) electrons. The summed E-state index contributed by atoms with van der Waals surface area (Å²) in [5.41, 5.74) is 5.69. The molecule has 0 saturated heterocycles. The second-order valence-electron chi connectivity index (χ2n) is 10.8. The number of fused-ring (bicyclic) bond motifs is 1. The number of hydrogen-bond acceptors (Lipinski definition) is 4. The van der Waals surface area contributed by atoms with E-state index < -0.39 is 0 Å². The molecule has 1 saturated carbocycles. The smallest absolute Gasteiger partial charge is 0.167 e. The fraction of sp³-hybridized carbons (Fsp3) is 0.481. The molecule has 0 spiro atoms. The standard InChI is InChI=1S/C27H34N2O2/c1-16-14-20-21(27(4,5)13-12-26(20,2)3)15-19(16)25(29-28)18-8-6-17(7-9-18)24-22(30)10-11-23(24)31/h6-9,14-15,20-21,30H,10-13,28H2,1-5H3/b29-25-. The zero-order chi connectivity index (χ0) is 22.6. The molecule has 3 N–H and O–H groups in total. The molecule has 0 amide bonds. The van der Waals surface area contributed by atoms with E-state index in [1.807, 2.05) is 24.3 Å². The van der Waals surface area contributed by atoms with Crippen LogP contribution in [-0.4, -0.2) is 16.6 Å². The van der Waals surface area contributed by atoms with E-state index in [9.17, 15) is 9.90 Å². The Labute approximate surface area is 185 Å². The van der Waals surface area contributed by atoms with Gasteiger partial charge in [0.2, 0.25) is 0 Å². The van der Waals surface area contributed by atoms with E-state index in [0.717, 1.165) is 22.4 Å². The van der Waals surface area contributed by atoms with E-state index in [2.05, 4.69) is 51.9 Å². The van der Waals surface area contributed by atoms with Crippen LogP contribution < -0.4 is 5.84 Å². The Morgan fingerprint density at radius 1 is 1.00 bits per heavy atom. The van der Waals surface area contributed by atoms with Gasteiger partial charge in [0, 0.05) is 24.0 Å². The predicted molar refractivity (Wildman–Crippen MR) is 127 cm³/mol. The summed E-state index contributed by atoms with van der Waals surface area (Å²) in [4.78, 5) is 12.1. The summed E-state index contributed by atoms with van der Waals surface area (Å²) < 4.78 is 0. The predicted octanol–water partition coefficient (Wildman–Crippen LogP) is 5.95. The maximum atomic E-state index is 12.1. The minimum absolute atomic E-state index is 0.0000756. The van der Waals surface area contributed by atoms with E-state index in [4.69, 9.17) is 5.84 Å². The lowest BCUT2D eigenvalue weighted by Gasteiger charge is -2.52. The van der Waals surface area contributed by atoms with Crippen molar-refractivity contribution < 1.29 is 9.90 Å². The summed E-state index contributed by atoms with van der Waals surface area (Å²) in [5.74, 6) is 7.03. The van der Waals surface area contributed by atoms with E-state index in [0.29, 0.717) is 30.3 Å². The van der Waals surface area contributed by atoms with Gasteiger partial charge in [-0.05, 0) is 53.6 Å². The van der Waals surface area contributed by atoms with Gasteiger partial charge in [0.15, 0.2) is 5.78 Å². The highest BCUT2D eigenvalue weighted by atomic mass is 16.3. The molecule has 3 aliphatic rings. The van der Waals surface area contributed by atoms with Gasteiger partial charge in [0.05, 0.1) is 11.3 Å². The lowest BCUT2D eigenvalue weighted by Crippen LogP contribution is -2.44. The van der Waals surface area contributed by atoms with Crippen molar-refractivity contribution in [2.45, 2.75) is 60.3 Å². The van der Waals surface area contributed by atoms with Crippen LogP contribution in [0.3, 0.4) is 0 Å². The molecular formula is C27H34N2O2. The monoisotopic (exact) mass is 418 g/mol. The Kier molecular flexibility index (Phi) is 5.23. The lowest BCUT2D eigenvalue weighted by atomic mass is 9.52. The number of nitrogens with two attached hydrogens (primary N) is 1. The maximum Gasteiger partial charge on any atom is 0.167 e. The number of carbonyl (C=O) groups is 1. The van der Waals surface area contributed by atoms with Gasteiger partial charge >= 0.3 is 0 Å². The molecule has 4 rings (SSSR count). The van der Waals surface area contributed by atoms with E-state index in [1.54, 1.807) is 0 Å². The Morgan fingerprint density at radius 3 is 2.10 bits per heavy atom. The van der Waals surface area contributed by atoms with Crippen molar-refractivity contribution in [3.8, 4) is 0 Å². The fourth-order valence-corrected chi connectivity index (χ4v) is 5.61. The minimum Gasteiger partial charge on any atom is -0.512 e. The molecule has 1 aromatic carbocycles. The van der Waals surface area contributed by atoms with Crippen LogP contribution in [0.4, 0.5) is 0 Å². The Bertz CT molecular complexity index is 1040. The van der Waals surface area contributed by atoms with Crippen LogP contribution in [-0.2, 0) is 4.79 Å². The van der Waals surface area contributed by atoms with Gasteiger partial charge in [-0.2, -0.15) is 5.10 Å². The summed E-state index contributed by atoms with van der Waals surface area (Å²) >= 11 is 0. The molecule has 164 valence electrons. The Morgan fingerprint density at radius 2 is 1.58 bits per heavy atom. The largest absolute Gasteiger partial charge is 0.512 e. The second kappa shape index (κ2) is 7.51. The molecule has 2 atom stereocenters. The van der Waals surface area contributed by atoms with Gasteiger partial charge in [-0.3, -0.25) is 4.79 Å². The second-order valence-corrected chi connectivity index (χ2v) is 10.8. The van der Waals surface area contributed by atoms with Crippen LogP contribution in [0.15, 0.2) is 58.4 Å². The fourth-order valence-electron chi connectivity index (χ4n) is 5.61. The number of hydrazone groups is 1. The Balaban J connectivity index is 1.70. The summed E-state index contributed by atoms with van der Waals surface area (Å²) in [6.07, 6.45) is 8.07. The average molecular weight is 419 g/mol. The van der Waals surface area contributed by atoms with Crippen LogP contribution >= 0.6 is 0 Å². The van der Waals surface area contributed by atoms with Crippen LogP contribution in [0.25, 0.3) is 5.57 Å². The molecule has 4 nitrogen and oxygen atoms in total. The van der Waals surface area contributed by atoms with E-state index in [1.165, 1.54) is 18.4 Å². The SMILES string of the molecule is CC1=CC2C(C=C1/C(=N\N)c1ccc(C3=C(O)CCC3=O)cc1)C(C)(C)CCC2(C)C. The summed E-state index contributed by atoms with van der Waals surface area (Å²) in [6.45, 7) is 11.7. The van der Waals surface area contributed by atoms with Crippen molar-refractivity contribution in [3.63, 3.8) is 0 Å². The molecule has 0 aromatic heterocycles. The number of Topliss-reactive ketones (excluding diaryl/α,β-unsaturated/α-hetero) is 1. The zero-order valence-corrected chi connectivity index (χ0v) is 19.3. The molecule has 4 heteroatoms. The molecule has 0 aliphatic heterocycles. The summed E-state index contributed by atoms with van der Waals surface area (Å²) in [6, 6.07) is 7.66. The van der Waals surface area contributed by atoms with Crippen LogP contribution in [0, 0.1) is 22.7 Å². The van der Waals surface area contributed by atoms with Crippen molar-refractivity contribution >= 4 is 17.1 Å². The number of aliphatic hydroxyl groups is 1. The van der Waals surface area contributed by atoms with E-state index in [-0.39, 0.29) is 22.4 Å². The number of allylic oxidation sites excluding steroid dienone is 6. The van der Waals surface area contributed by atoms with Gasteiger partial charge < -0.3 is 10.9 Å². The van der Waals surface area contributed by atoms with Gasteiger partial charge in [0.25, 0.3) is 0 Å². The van der Waals surface area contributed by atoms with Gasteiger partial charge in [-0.25, -0.2) is 0 Å². The quantitative estimate of drug-likeness (QED) is 0.362. The molecule has 1 fully saturated rings. The van der Waals surface area contributed by atoms with Crippen molar-refractivity contribution in [3.05, 3.63) is 64.4 Å². The first kappa shape index (κ1) is 21.6. The molecule has 31 heavy (non-hydrogen) atoms. The summed E-state index contributed by atoms with van der Waals surface area (Å²) in [5, 5.41) is 14.3. The van der Waals surface area contributed by atoms with Gasteiger partial charge in [0.1, 0.15) is 5.76 Å². The number of nitrogens with zero attached hydrogens (tertiary/aromatic N) is 1. The van der Waals surface area contributed by atoms with Crippen molar-refractivity contribution in [1.82, 2.24) is 0 Å². The zero-order valence-electron chi connectivity index (χ0n) is 19.3. The van der Waals surface area contributed by atoms with E-state index >= 15 is 0 Å². The van der Waals surface area contributed by atoms with Gasteiger partial charge in [-0.1, -0.05) is 64.1 Å². The third-order valence-corrected chi connectivity index (χ3v) is 7.79. The van der Waals surface area contributed by atoms with Crippen LogP contribution in [0.5, 0.6) is 0 Å². The maximum absolute atomic E-state index is 12.1. The van der Waals surface area contributed by atoms with Crippen LogP contribution in [0.1, 0.15) is 71.4 Å². The van der Waals surface area contributed by atoms with Crippen LogP contribution in [0.2, 0.25) is 0 Å². The number of aliphatic hydroxyl groups excluding tert-OH is 1. The number of rotatable bonds is 3. The minimum atomic E-state index is -0.0000756. The normalized spacial score (nSPS) is 27.6. The first-order valence-corrected chi connectivity index (χ1v) is 11.3.